The summed E-state index contributed by atoms with van der Waals surface area (Å²) in [7, 11) is 1.63. The molecule has 1 N–H and O–H groups in total. The fourth-order valence-electron chi connectivity index (χ4n) is 1.03. The third-order valence-corrected chi connectivity index (χ3v) is 1.73. The van der Waals surface area contributed by atoms with Gasteiger partial charge >= 0.3 is 0 Å². The number of nitrogens with one attached hydrogen (secondary N) is 1. The average molecular weight is 194 g/mol. The smallest absolute Gasteiger partial charge is 0.275 e. The Bertz CT molecular complexity index is 382. The Labute approximate surface area is 80.3 Å². The first-order chi connectivity index (χ1) is 6.90. The number of aromatic amines is 1. The van der Waals surface area contributed by atoms with E-state index >= 15 is 0 Å². The van der Waals surface area contributed by atoms with Crippen LogP contribution in [0.4, 0.5) is 0 Å². The molecule has 0 aliphatic carbocycles. The lowest BCUT2D eigenvalue weighted by Crippen LogP contribution is -1.96. The van der Waals surface area contributed by atoms with Gasteiger partial charge < -0.3 is 9.26 Å². The minimum Gasteiger partial charge on any atom is -0.384 e. The van der Waals surface area contributed by atoms with E-state index in [1.165, 1.54) is 0 Å². The molecule has 0 bridgehead atoms. The molecule has 0 aliphatic heterocycles. The molecular formula is C8H10N4O2. The van der Waals surface area contributed by atoms with Crippen molar-refractivity contribution in [2.24, 2.45) is 0 Å². The van der Waals surface area contributed by atoms with Crippen LogP contribution in [-0.2, 0) is 11.2 Å². The van der Waals surface area contributed by atoms with Crippen LogP contribution < -0.4 is 0 Å². The fraction of sp³-hybridized carbons (Fsp3) is 0.375. The zero-order chi connectivity index (χ0) is 9.80. The highest BCUT2D eigenvalue weighted by atomic mass is 16.5. The number of ether oxygens (including phenoxy) is 1. The predicted molar refractivity (Wildman–Crippen MR) is 47.5 cm³/mol. The van der Waals surface area contributed by atoms with Crippen molar-refractivity contribution in [3.8, 4) is 11.6 Å². The highest BCUT2D eigenvalue weighted by molar-refractivity contribution is 5.44. The molecule has 0 spiro atoms. The van der Waals surface area contributed by atoms with Gasteiger partial charge in [0.1, 0.15) is 5.69 Å². The van der Waals surface area contributed by atoms with Crippen LogP contribution in [0.2, 0.25) is 0 Å². The summed E-state index contributed by atoms with van der Waals surface area (Å²) in [6.45, 7) is 0.585. The maximum atomic E-state index is 5.02. The molecule has 0 aliphatic rings. The first-order valence-corrected chi connectivity index (χ1v) is 4.21. The quantitative estimate of drug-likeness (QED) is 0.773. The molecule has 6 heteroatoms. The Balaban J connectivity index is 2.10. The summed E-state index contributed by atoms with van der Waals surface area (Å²) < 4.78 is 9.92. The zero-order valence-electron chi connectivity index (χ0n) is 7.73. The summed E-state index contributed by atoms with van der Waals surface area (Å²) in [6, 6.07) is 1.77. The second kappa shape index (κ2) is 4.01. The predicted octanol–water partition coefficient (Wildman–Crippen LogP) is 0.649. The van der Waals surface area contributed by atoms with Crippen molar-refractivity contribution < 1.29 is 9.26 Å². The standard InChI is InChI=1S/C8H10N4O2/c1-13-5-3-7-10-8(14-12-7)6-2-4-9-11-6/h2,4H,3,5H2,1H3,(H,9,11). The number of aromatic nitrogens is 4. The van der Waals surface area contributed by atoms with Crippen LogP contribution in [0.5, 0.6) is 0 Å². The minimum absolute atomic E-state index is 0.452. The molecule has 0 aromatic carbocycles. The fourth-order valence-corrected chi connectivity index (χ4v) is 1.03. The molecule has 0 fully saturated rings. The largest absolute Gasteiger partial charge is 0.384 e. The van der Waals surface area contributed by atoms with Gasteiger partial charge in [-0.2, -0.15) is 10.1 Å². The number of nitrogens with zero attached hydrogens (tertiary/aromatic N) is 3. The summed E-state index contributed by atoms with van der Waals surface area (Å²) >= 11 is 0. The Hall–Kier alpha value is -1.69. The third kappa shape index (κ3) is 1.80. The normalized spacial score (nSPS) is 10.6. The van der Waals surface area contributed by atoms with Gasteiger partial charge in [-0.15, -0.1) is 0 Å². The SMILES string of the molecule is COCCc1noc(-c2ccn[nH]2)n1. The molecule has 0 saturated carbocycles. The molecule has 74 valence electrons. The van der Waals surface area contributed by atoms with Gasteiger partial charge in [0.25, 0.3) is 5.89 Å². The lowest BCUT2D eigenvalue weighted by Gasteiger charge is -1.90. The first-order valence-electron chi connectivity index (χ1n) is 4.21. The van der Waals surface area contributed by atoms with Crippen molar-refractivity contribution in [1.29, 1.82) is 0 Å². The minimum atomic E-state index is 0.452. The zero-order valence-corrected chi connectivity index (χ0v) is 7.73. The van der Waals surface area contributed by atoms with Gasteiger partial charge in [0.05, 0.1) is 6.61 Å². The van der Waals surface area contributed by atoms with Crippen molar-refractivity contribution in [3.05, 3.63) is 18.1 Å². The molecule has 0 unspecified atom stereocenters. The molecule has 0 amide bonds. The van der Waals surface area contributed by atoms with Gasteiger partial charge in [-0.05, 0) is 6.07 Å². The van der Waals surface area contributed by atoms with E-state index in [-0.39, 0.29) is 0 Å². The molecule has 0 saturated heterocycles. The van der Waals surface area contributed by atoms with Gasteiger partial charge in [-0.1, -0.05) is 5.16 Å². The Kier molecular flexibility index (Phi) is 2.55. The van der Waals surface area contributed by atoms with Crippen molar-refractivity contribution in [2.75, 3.05) is 13.7 Å². The van der Waals surface area contributed by atoms with E-state index in [9.17, 15) is 0 Å². The highest BCUT2D eigenvalue weighted by Gasteiger charge is 2.08. The average Bonchev–Trinajstić information content (AvgIpc) is 2.85. The van der Waals surface area contributed by atoms with E-state index < -0.39 is 0 Å². The second-order valence-electron chi connectivity index (χ2n) is 2.73. The van der Waals surface area contributed by atoms with Gasteiger partial charge in [0, 0.05) is 19.7 Å². The molecule has 2 heterocycles. The first kappa shape index (κ1) is 8.89. The van der Waals surface area contributed by atoms with E-state index in [0.717, 1.165) is 5.69 Å². The van der Waals surface area contributed by atoms with Crippen molar-refractivity contribution >= 4 is 0 Å². The van der Waals surface area contributed by atoms with Gasteiger partial charge in [0.2, 0.25) is 0 Å². The van der Waals surface area contributed by atoms with Crippen LogP contribution in [0.1, 0.15) is 5.82 Å². The molecule has 2 aromatic heterocycles. The summed E-state index contributed by atoms with van der Waals surface area (Å²) in [4.78, 5) is 4.16. The van der Waals surface area contributed by atoms with E-state index in [1.807, 2.05) is 0 Å². The van der Waals surface area contributed by atoms with Crippen molar-refractivity contribution in [3.63, 3.8) is 0 Å². The van der Waals surface area contributed by atoms with Crippen molar-refractivity contribution in [1.82, 2.24) is 20.3 Å². The summed E-state index contributed by atoms with van der Waals surface area (Å²) in [5.74, 6) is 1.09. The number of hydrogen-bond acceptors (Lipinski definition) is 5. The van der Waals surface area contributed by atoms with E-state index in [2.05, 4.69) is 20.3 Å². The lowest BCUT2D eigenvalue weighted by molar-refractivity contribution is 0.199. The Morgan fingerprint density at radius 2 is 2.50 bits per heavy atom. The topological polar surface area (TPSA) is 76.8 Å². The van der Waals surface area contributed by atoms with Crippen LogP contribution in [0.15, 0.2) is 16.8 Å². The maximum absolute atomic E-state index is 5.02. The van der Waals surface area contributed by atoms with Crippen LogP contribution in [0, 0.1) is 0 Å². The van der Waals surface area contributed by atoms with Crippen LogP contribution >= 0.6 is 0 Å². The van der Waals surface area contributed by atoms with Crippen LogP contribution in [0.25, 0.3) is 11.6 Å². The Morgan fingerprint density at radius 1 is 1.57 bits per heavy atom. The molecular weight excluding hydrogens is 184 g/mol. The number of hydrogen-bond donors (Lipinski definition) is 1. The maximum Gasteiger partial charge on any atom is 0.275 e. The van der Waals surface area contributed by atoms with Crippen molar-refractivity contribution in [2.45, 2.75) is 6.42 Å². The summed E-state index contributed by atoms with van der Waals surface area (Å²) in [5, 5.41) is 10.3. The van der Waals surface area contributed by atoms with E-state index in [1.54, 1.807) is 19.4 Å². The molecule has 14 heavy (non-hydrogen) atoms. The molecule has 0 atom stereocenters. The third-order valence-electron chi connectivity index (χ3n) is 1.73. The lowest BCUT2D eigenvalue weighted by atomic mass is 10.4. The Morgan fingerprint density at radius 3 is 3.21 bits per heavy atom. The van der Waals surface area contributed by atoms with Crippen LogP contribution in [0.3, 0.4) is 0 Å². The monoisotopic (exact) mass is 194 g/mol. The number of methoxy groups -OCH3 is 1. The number of H-pyrrole nitrogens is 1. The molecule has 2 rings (SSSR count). The second-order valence-corrected chi connectivity index (χ2v) is 2.73. The van der Waals surface area contributed by atoms with Crippen LogP contribution in [-0.4, -0.2) is 34.1 Å². The molecule has 6 nitrogen and oxygen atoms in total. The summed E-state index contributed by atoms with van der Waals surface area (Å²) in [6.07, 6.45) is 2.28. The van der Waals surface area contributed by atoms with E-state index in [0.29, 0.717) is 24.7 Å². The van der Waals surface area contributed by atoms with Gasteiger partial charge in [-0.3, -0.25) is 5.10 Å². The van der Waals surface area contributed by atoms with Gasteiger partial charge in [0.15, 0.2) is 5.82 Å². The van der Waals surface area contributed by atoms with E-state index in [4.69, 9.17) is 9.26 Å². The molecule has 2 aromatic rings. The molecule has 0 radical (unpaired) electrons. The van der Waals surface area contributed by atoms with Gasteiger partial charge in [-0.25, -0.2) is 0 Å². The number of rotatable bonds is 4. The highest BCUT2D eigenvalue weighted by Crippen LogP contribution is 2.12. The summed E-state index contributed by atoms with van der Waals surface area (Å²) in [5.41, 5.74) is 0.723.